The molecule has 2 aromatic carbocycles. The highest BCUT2D eigenvalue weighted by atomic mass is 32.2. The van der Waals surface area contributed by atoms with Crippen molar-refractivity contribution in [3.63, 3.8) is 0 Å². The number of piperidine rings is 1. The molecule has 31 heavy (non-hydrogen) atoms. The van der Waals surface area contributed by atoms with Crippen LogP contribution in [0.2, 0.25) is 0 Å². The molecule has 1 aliphatic rings. The number of ether oxygens (including phenoxy) is 1. The minimum absolute atomic E-state index is 0.212. The molecule has 1 aliphatic heterocycles. The number of fused-ring (bicyclic) bond motifs is 1. The van der Waals surface area contributed by atoms with Gasteiger partial charge in [-0.05, 0) is 48.7 Å². The molecule has 0 unspecified atom stereocenters. The van der Waals surface area contributed by atoms with Crippen LogP contribution in [-0.2, 0) is 16.4 Å². The largest absolute Gasteiger partial charge is 0.494 e. The van der Waals surface area contributed by atoms with E-state index in [9.17, 15) is 12.8 Å². The van der Waals surface area contributed by atoms with E-state index in [1.54, 1.807) is 24.3 Å². The summed E-state index contributed by atoms with van der Waals surface area (Å²) in [5.41, 5.74) is 1.61. The Kier molecular flexibility index (Phi) is 6.06. The Hall–Kier alpha value is -2.78. The van der Waals surface area contributed by atoms with Crippen molar-refractivity contribution in [2.24, 2.45) is 0 Å². The van der Waals surface area contributed by atoms with Crippen LogP contribution in [0, 0.1) is 5.82 Å². The molecule has 164 valence electrons. The van der Waals surface area contributed by atoms with E-state index in [-0.39, 0.29) is 22.5 Å². The molecule has 0 bridgehead atoms. The maximum atomic E-state index is 13.9. The van der Waals surface area contributed by atoms with Crippen molar-refractivity contribution in [1.29, 1.82) is 0 Å². The fourth-order valence-corrected chi connectivity index (χ4v) is 4.52. The smallest absolute Gasteiger partial charge is 0.175 e. The Labute approximate surface area is 181 Å². The number of methoxy groups -OCH3 is 1. The lowest BCUT2D eigenvalue weighted by Crippen LogP contribution is -2.38. The second-order valence-corrected chi connectivity index (χ2v) is 9.85. The number of halogens is 1. The van der Waals surface area contributed by atoms with Crippen LogP contribution in [0.25, 0.3) is 10.9 Å². The maximum Gasteiger partial charge on any atom is 0.175 e. The number of benzene rings is 2. The zero-order valence-electron chi connectivity index (χ0n) is 17.5. The Balaban J connectivity index is 1.42. The number of hydrogen-bond acceptors (Lipinski definition) is 7. The standard InChI is InChI=1S/C22H25FN4O3S/c1-30-21-6-3-15(11-19(21)23)13-27-9-7-16(8-10-27)26-22-18-12-17(31(2,28)29)4-5-20(18)24-14-25-22/h3-6,11-12,14,16H,7-10,13H2,1-2H3,(H,24,25,26). The average molecular weight is 445 g/mol. The van der Waals surface area contributed by atoms with Crippen LogP contribution >= 0.6 is 0 Å². The molecule has 9 heteroatoms. The van der Waals surface area contributed by atoms with Gasteiger partial charge >= 0.3 is 0 Å². The highest BCUT2D eigenvalue weighted by Gasteiger charge is 2.21. The highest BCUT2D eigenvalue weighted by molar-refractivity contribution is 7.90. The van der Waals surface area contributed by atoms with Crippen LogP contribution in [-0.4, -0.2) is 55.8 Å². The Morgan fingerprint density at radius 3 is 2.61 bits per heavy atom. The molecule has 0 amide bonds. The van der Waals surface area contributed by atoms with Crippen LogP contribution in [0.4, 0.5) is 10.2 Å². The van der Waals surface area contributed by atoms with Gasteiger partial charge in [-0.1, -0.05) is 6.07 Å². The van der Waals surface area contributed by atoms with Crippen LogP contribution < -0.4 is 10.1 Å². The van der Waals surface area contributed by atoms with Gasteiger partial charge in [0.15, 0.2) is 21.4 Å². The molecule has 1 N–H and O–H groups in total. The van der Waals surface area contributed by atoms with Crippen LogP contribution in [0.1, 0.15) is 18.4 Å². The molecular formula is C22H25FN4O3S. The number of likely N-dealkylation sites (tertiary alicyclic amines) is 1. The van der Waals surface area contributed by atoms with E-state index in [2.05, 4.69) is 20.2 Å². The molecule has 0 atom stereocenters. The zero-order valence-corrected chi connectivity index (χ0v) is 18.3. The zero-order chi connectivity index (χ0) is 22.0. The minimum atomic E-state index is -3.31. The van der Waals surface area contributed by atoms with E-state index < -0.39 is 9.84 Å². The second-order valence-electron chi connectivity index (χ2n) is 7.84. The third-order valence-electron chi connectivity index (χ3n) is 5.59. The molecule has 1 aromatic heterocycles. The fourth-order valence-electron chi connectivity index (χ4n) is 3.88. The summed E-state index contributed by atoms with van der Waals surface area (Å²) in [6.07, 6.45) is 4.47. The maximum absolute atomic E-state index is 13.9. The third kappa shape index (κ3) is 4.94. The van der Waals surface area contributed by atoms with Gasteiger partial charge in [0.25, 0.3) is 0 Å². The van der Waals surface area contributed by atoms with Crippen molar-refractivity contribution < 1.29 is 17.5 Å². The number of anilines is 1. The van der Waals surface area contributed by atoms with Crippen LogP contribution in [0.5, 0.6) is 5.75 Å². The van der Waals surface area contributed by atoms with Gasteiger partial charge in [0.05, 0.1) is 17.5 Å². The summed E-state index contributed by atoms with van der Waals surface area (Å²) in [6.45, 7) is 2.41. The molecule has 4 rings (SSSR count). The van der Waals surface area contributed by atoms with Gasteiger partial charge < -0.3 is 10.1 Å². The molecule has 0 radical (unpaired) electrons. The van der Waals surface area contributed by atoms with Gasteiger partial charge in [0.1, 0.15) is 12.1 Å². The van der Waals surface area contributed by atoms with E-state index >= 15 is 0 Å². The van der Waals surface area contributed by atoms with Gasteiger partial charge in [0.2, 0.25) is 0 Å². The fraction of sp³-hybridized carbons (Fsp3) is 0.364. The molecule has 0 saturated carbocycles. The molecule has 0 spiro atoms. The lowest BCUT2D eigenvalue weighted by molar-refractivity contribution is 0.211. The van der Waals surface area contributed by atoms with E-state index in [4.69, 9.17) is 4.74 Å². The van der Waals surface area contributed by atoms with Crippen molar-refractivity contribution in [3.05, 3.63) is 54.1 Å². The van der Waals surface area contributed by atoms with Crippen molar-refractivity contribution in [1.82, 2.24) is 14.9 Å². The van der Waals surface area contributed by atoms with Crippen molar-refractivity contribution in [3.8, 4) is 5.75 Å². The summed E-state index contributed by atoms with van der Waals surface area (Å²) in [5, 5.41) is 4.16. The van der Waals surface area contributed by atoms with Crippen LogP contribution in [0.15, 0.2) is 47.6 Å². The number of nitrogens with one attached hydrogen (secondary N) is 1. The van der Waals surface area contributed by atoms with Crippen LogP contribution in [0.3, 0.4) is 0 Å². The van der Waals surface area contributed by atoms with Gasteiger partial charge in [0, 0.05) is 37.3 Å². The predicted octanol–water partition coefficient (Wildman–Crippen LogP) is 3.26. The SMILES string of the molecule is COc1ccc(CN2CCC(Nc3ncnc4ccc(S(C)(=O)=O)cc34)CC2)cc1F. The average Bonchev–Trinajstić information content (AvgIpc) is 2.74. The Bertz CT molecular complexity index is 1190. The molecule has 7 nitrogen and oxygen atoms in total. The molecule has 1 fully saturated rings. The number of sulfone groups is 1. The minimum Gasteiger partial charge on any atom is -0.494 e. The summed E-state index contributed by atoms with van der Waals surface area (Å²) < 4.78 is 42.8. The second kappa shape index (κ2) is 8.76. The van der Waals surface area contributed by atoms with E-state index in [1.807, 2.05) is 6.07 Å². The summed E-state index contributed by atoms with van der Waals surface area (Å²) in [6, 6.07) is 10.2. The van der Waals surface area contributed by atoms with E-state index in [0.717, 1.165) is 31.5 Å². The summed E-state index contributed by atoms with van der Waals surface area (Å²) in [5.74, 6) is 0.551. The van der Waals surface area contributed by atoms with Crippen molar-refractivity contribution in [2.45, 2.75) is 30.3 Å². The lowest BCUT2D eigenvalue weighted by atomic mass is 10.0. The molecular weight excluding hydrogens is 419 g/mol. The molecule has 3 aromatic rings. The predicted molar refractivity (Wildman–Crippen MR) is 118 cm³/mol. The monoisotopic (exact) mass is 444 g/mol. The summed E-state index contributed by atoms with van der Waals surface area (Å²) in [7, 11) is -1.86. The van der Waals surface area contributed by atoms with Gasteiger partial charge in [-0.2, -0.15) is 0 Å². The molecule has 2 heterocycles. The number of hydrogen-bond donors (Lipinski definition) is 1. The van der Waals surface area contributed by atoms with Crippen molar-refractivity contribution >= 4 is 26.6 Å². The van der Waals surface area contributed by atoms with E-state index in [0.29, 0.717) is 23.3 Å². The molecule has 0 aliphatic carbocycles. The van der Waals surface area contributed by atoms with Gasteiger partial charge in [-0.15, -0.1) is 0 Å². The third-order valence-corrected chi connectivity index (χ3v) is 6.70. The van der Waals surface area contributed by atoms with Gasteiger partial charge in [-0.25, -0.2) is 22.8 Å². The molecule has 1 saturated heterocycles. The topological polar surface area (TPSA) is 84.4 Å². The first-order valence-corrected chi connectivity index (χ1v) is 12.0. The lowest BCUT2D eigenvalue weighted by Gasteiger charge is -2.32. The first kappa shape index (κ1) is 21.5. The summed E-state index contributed by atoms with van der Waals surface area (Å²) in [4.78, 5) is 11.1. The summed E-state index contributed by atoms with van der Waals surface area (Å²) >= 11 is 0. The number of nitrogens with zero attached hydrogens (tertiary/aromatic N) is 3. The van der Waals surface area contributed by atoms with E-state index in [1.165, 1.54) is 25.8 Å². The normalized spacial score (nSPS) is 15.8. The highest BCUT2D eigenvalue weighted by Crippen LogP contribution is 2.26. The Morgan fingerprint density at radius 2 is 1.94 bits per heavy atom. The first-order chi connectivity index (χ1) is 14.8. The number of rotatable bonds is 6. The Morgan fingerprint density at radius 1 is 1.16 bits per heavy atom. The van der Waals surface area contributed by atoms with Crippen molar-refractivity contribution in [2.75, 3.05) is 31.8 Å². The number of aromatic nitrogens is 2. The quantitative estimate of drug-likeness (QED) is 0.625. The first-order valence-electron chi connectivity index (χ1n) is 10.1. The van der Waals surface area contributed by atoms with Gasteiger partial charge in [-0.3, -0.25) is 4.90 Å².